The van der Waals surface area contributed by atoms with Crippen LogP contribution in [0, 0.1) is 17.8 Å². The van der Waals surface area contributed by atoms with Gasteiger partial charge in [0.15, 0.2) is 6.61 Å². The molecule has 3 amide bonds. The van der Waals surface area contributed by atoms with Crippen molar-refractivity contribution < 1.29 is 33.4 Å². The first-order chi connectivity index (χ1) is 21.7. The third kappa shape index (κ3) is 5.30. The third-order valence-electron chi connectivity index (χ3n) is 9.11. The number of imide groups is 1. The molecule has 0 saturated carbocycles. The van der Waals surface area contributed by atoms with Crippen molar-refractivity contribution in [1.82, 2.24) is 4.90 Å². The maximum atomic E-state index is 14.1. The summed E-state index contributed by atoms with van der Waals surface area (Å²) < 4.78 is 10.6. The zero-order valence-corrected chi connectivity index (χ0v) is 25.5. The molecule has 232 valence electrons. The lowest BCUT2D eigenvalue weighted by molar-refractivity contribution is -0.162. The summed E-state index contributed by atoms with van der Waals surface area (Å²) >= 11 is 0. The fourth-order valence-corrected chi connectivity index (χ4v) is 7.15. The molecule has 0 aromatic heterocycles. The molecule has 4 aliphatic rings. The molecule has 0 unspecified atom stereocenters. The van der Waals surface area contributed by atoms with E-state index in [9.17, 15) is 24.0 Å². The molecule has 0 spiro atoms. The van der Waals surface area contributed by atoms with Gasteiger partial charge in [0.25, 0.3) is 5.91 Å². The van der Waals surface area contributed by atoms with Gasteiger partial charge in [0.05, 0.1) is 24.0 Å². The van der Waals surface area contributed by atoms with E-state index in [0.717, 1.165) is 40.0 Å². The van der Waals surface area contributed by atoms with E-state index >= 15 is 0 Å². The highest BCUT2D eigenvalue weighted by atomic mass is 16.5. The summed E-state index contributed by atoms with van der Waals surface area (Å²) in [5.74, 6) is -4.85. The van der Waals surface area contributed by atoms with Crippen LogP contribution >= 0.6 is 0 Å². The predicted molar refractivity (Wildman–Crippen MR) is 165 cm³/mol. The van der Waals surface area contributed by atoms with Crippen molar-refractivity contribution >= 4 is 35.3 Å². The highest BCUT2D eigenvalue weighted by Crippen LogP contribution is 2.61. The number of likely N-dealkylation sites (tertiary alicyclic amines) is 1. The van der Waals surface area contributed by atoms with Gasteiger partial charge in [0.1, 0.15) is 6.04 Å². The number of hydrogen-bond donors (Lipinski definition) is 1. The number of ether oxygens (including phenoxy) is 2. The molecular weight excluding hydrogens is 572 g/mol. The average molecular weight is 609 g/mol. The van der Waals surface area contributed by atoms with Gasteiger partial charge in [-0.05, 0) is 58.9 Å². The van der Waals surface area contributed by atoms with Crippen LogP contribution in [0.1, 0.15) is 78.1 Å². The van der Waals surface area contributed by atoms with Crippen LogP contribution in [-0.2, 0) is 28.7 Å². The number of nitrogens with zero attached hydrogens (tertiary/aromatic N) is 1. The second-order valence-corrected chi connectivity index (χ2v) is 12.2. The van der Waals surface area contributed by atoms with E-state index < -0.39 is 48.2 Å². The van der Waals surface area contributed by atoms with Gasteiger partial charge in [-0.3, -0.25) is 19.3 Å². The van der Waals surface area contributed by atoms with Gasteiger partial charge in [-0.1, -0.05) is 75.7 Å². The molecule has 45 heavy (non-hydrogen) atoms. The molecule has 7 rings (SSSR count). The van der Waals surface area contributed by atoms with Crippen LogP contribution in [0.4, 0.5) is 5.69 Å². The molecule has 3 aromatic rings. The van der Waals surface area contributed by atoms with Gasteiger partial charge in [-0.25, -0.2) is 9.59 Å². The number of amides is 3. The molecular formula is C36H36N2O7. The van der Waals surface area contributed by atoms with Crippen molar-refractivity contribution in [2.24, 2.45) is 17.8 Å². The summed E-state index contributed by atoms with van der Waals surface area (Å²) in [5.41, 5.74) is 4.96. The molecule has 2 bridgehead atoms. The summed E-state index contributed by atoms with van der Waals surface area (Å²) in [6, 6.07) is 20.9. The summed E-state index contributed by atoms with van der Waals surface area (Å²) in [7, 11) is 0. The Bertz CT molecular complexity index is 1550. The van der Waals surface area contributed by atoms with Crippen LogP contribution in [0.5, 0.6) is 0 Å². The number of esters is 2. The number of anilines is 1. The number of unbranched alkanes of at least 4 members (excludes halogenated alkanes) is 1. The van der Waals surface area contributed by atoms with Gasteiger partial charge in [0.2, 0.25) is 11.8 Å². The number of hydrogen-bond acceptors (Lipinski definition) is 7. The molecule has 1 aliphatic heterocycles. The van der Waals surface area contributed by atoms with Crippen molar-refractivity contribution in [3.63, 3.8) is 0 Å². The number of rotatable bonds is 10. The van der Waals surface area contributed by atoms with Crippen LogP contribution in [0.3, 0.4) is 0 Å². The molecule has 3 atom stereocenters. The minimum absolute atomic E-state index is 0.284. The molecule has 1 saturated heterocycles. The summed E-state index contributed by atoms with van der Waals surface area (Å²) in [6.07, 6.45) is 1.69. The largest absolute Gasteiger partial charge is 0.462 e. The summed E-state index contributed by atoms with van der Waals surface area (Å²) in [5, 5.41) is 2.64. The predicted octanol–water partition coefficient (Wildman–Crippen LogP) is 5.04. The molecule has 0 radical (unpaired) electrons. The average Bonchev–Trinajstić information content (AvgIpc) is 3.30. The molecule has 1 fully saturated rings. The molecule has 1 heterocycles. The minimum Gasteiger partial charge on any atom is -0.462 e. The van der Waals surface area contributed by atoms with Crippen molar-refractivity contribution in [3.8, 4) is 0 Å². The monoisotopic (exact) mass is 608 g/mol. The van der Waals surface area contributed by atoms with Crippen LogP contribution < -0.4 is 5.32 Å². The first kappa shape index (κ1) is 30.2. The topological polar surface area (TPSA) is 119 Å². The molecule has 3 aromatic carbocycles. The summed E-state index contributed by atoms with van der Waals surface area (Å²) in [4.78, 5) is 67.6. The van der Waals surface area contributed by atoms with E-state index in [1.807, 2.05) is 55.5 Å². The number of nitrogens with one attached hydrogen (secondary N) is 1. The second kappa shape index (κ2) is 12.3. The van der Waals surface area contributed by atoms with E-state index in [-0.39, 0.29) is 23.7 Å². The SMILES string of the molecule is CCCCOC(=O)c1ccc(NC(=O)COC(=O)[C@H](C(C)C)N2C(=O)[C@H]3C4c5ccccc5C(c5ccccc54)[C@@H]3C2=O)cc1. The Morgan fingerprint density at radius 1 is 0.778 bits per heavy atom. The van der Waals surface area contributed by atoms with Crippen LogP contribution in [-0.4, -0.2) is 53.8 Å². The Labute approximate surface area is 261 Å². The normalized spacial score (nSPS) is 21.6. The maximum absolute atomic E-state index is 14.1. The second-order valence-electron chi connectivity index (χ2n) is 12.2. The van der Waals surface area contributed by atoms with Crippen molar-refractivity contribution in [2.45, 2.75) is 51.5 Å². The Balaban J connectivity index is 1.15. The fourth-order valence-electron chi connectivity index (χ4n) is 7.15. The lowest BCUT2D eigenvalue weighted by atomic mass is 9.55. The maximum Gasteiger partial charge on any atom is 0.338 e. The van der Waals surface area contributed by atoms with Gasteiger partial charge in [-0.15, -0.1) is 0 Å². The molecule has 9 nitrogen and oxygen atoms in total. The van der Waals surface area contributed by atoms with Crippen LogP contribution in [0.15, 0.2) is 72.8 Å². The van der Waals surface area contributed by atoms with E-state index in [0.29, 0.717) is 17.9 Å². The highest BCUT2D eigenvalue weighted by Gasteiger charge is 2.63. The van der Waals surface area contributed by atoms with Gasteiger partial charge in [-0.2, -0.15) is 0 Å². The van der Waals surface area contributed by atoms with Crippen molar-refractivity contribution in [1.29, 1.82) is 0 Å². The first-order valence-corrected chi connectivity index (χ1v) is 15.5. The standard InChI is InChI=1S/C36H36N2O7/c1-4-5-18-44-35(42)21-14-16-22(17-15-21)37-27(39)19-45-36(43)32(20(2)3)38-33(40)30-28-23-10-6-7-11-24(23)29(31(30)34(38)41)26-13-9-8-12-25(26)28/h6-17,20,28-32H,4-5,18-19H2,1-3H3,(H,37,39)/t28?,29?,30-,31-,32-/m0/s1. The quantitative estimate of drug-likeness (QED) is 0.195. The van der Waals surface area contributed by atoms with Crippen LogP contribution in [0.25, 0.3) is 0 Å². The van der Waals surface area contributed by atoms with E-state index in [1.165, 1.54) is 0 Å². The Morgan fingerprint density at radius 3 is 1.76 bits per heavy atom. The first-order valence-electron chi connectivity index (χ1n) is 15.5. The minimum atomic E-state index is -1.17. The van der Waals surface area contributed by atoms with Gasteiger partial charge < -0.3 is 14.8 Å². The zero-order chi connectivity index (χ0) is 31.8. The van der Waals surface area contributed by atoms with E-state index in [4.69, 9.17) is 9.47 Å². The van der Waals surface area contributed by atoms with E-state index in [1.54, 1.807) is 38.1 Å². The molecule has 1 N–H and O–H groups in total. The molecule has 3 aliphatic carbocycles. The van der Waals surface area contributed by atoms with Gasteiger partial charge >= 0.3 is 11.9 Å². The fraction of sp³-hybridized carbons (Fsp3) is 0.361. The Kier molecular flexibility index (Phi) is 8.27. The number of carbonyl (C=O) groups is 5. The third-order valence-corrected chi connectivity index (χ3v) is 9.11. The zero-order valence-electron chi connectivity index (χ0n) is 25.5. The highest BCUT2D eigenvalue weighted by molar-refractivity contribution is 6.10. The number of carbonyl (C=O) groups excluding carboxylic acids is 5. The van der Waals surface area contributed by atoms with Crippen molar-refractivity contribution in [3.05, 3.63) is 101 Å². The van der Waals surface area contributed by atoms with Gasteiger partial charge in [0, 0.05) is 17.5 Å². The lowest BCUT2D eigenvalue weighted by Crippen LogP contribution is -2.49. The van der Waals surface area contributed by atoms with Crippen molar-refractivity contribution in [2.75, 3.05) is 18.5 Å². The Hall–Kier alpha value is -4.79. The molecule has 9 heteroatoms. The smallest absolute Gasteiger partial charge is 0.338 e. The van der Waals surface area contributed by atoms with Crippen LogP contribution in [0.2, 0.25) is 0 Å². The van der Waals surface area contributed by atoms with E-state index in [2.05, 4.69) is 5.32 Å². The summed E-state index contributed by atoms with van der Waals surface area (Å²) in [6.45, 7) is 5.25. The number of benzene rings is 3. The Morgan fingerprint density at radius 2 is 1.29 bits per heavy atom. The lowest BCUT2D eigenvalue weighted by Gasteiger charge is -2.45.